The van der Waals surface area contributed by atoms with Gasteiger partial charge in [0.05, 0.1) is 10.6 Å². The maximum atomic E-state index is 12.7. The molecule has 1 amide bonds. The van der Waals surface area contributed by atoms with Crippen molar-refractivity contribution >= 4 is 62.0 Å². The van der Waals surface area contributed by atoms with Gasteiger partial charge in [-0.05, 0) is 79.5 Å². The van der Waals surface area contributed by atoms with Crippen LogP contribution < -0.4 is 15.4 Å². The number of anilines is 2. The summed E-state index contributed by atoms with van der Waals surface area (Å²) in [7, 11) is -3.73. The zero-order valence-corrected chi connectivity index (χ0v) is 19.3. The summed E-state index contributed by atoms with van der Waals surface area (Å²) in [6.07, 6.45) is 3.10. The van der Waals surface area contributed by atoms with E-state index in [-0.39, 0.29) is 15.9 Å². The SMILES string of the molecule is Cc1ccc(NS(=O)(=O)c2ccc(NC(=S)NC(=O)/C=C/c3cccs3)cc2)c(C)c1. The van der Waals surface area contributed by atoms with Crippen molar-refractivity contribution in [3.05, 3.63) is 82.1 Å². The lowest BCUT2D eigenvalue weighted by molar-refractivity contribution is -0.115. The molecule has 0 radical (unpaired) electrons. The first-order chi connectivity index (χ1) is 14.7. The molecule has 160 valence electrons. The van der Waals surface area contributed by atoms with E-state index in [1.165, 1.54) is 29.5 Å². The maximum absolute atomic E-state index is 12.7. The number of aryl methyl sites for hydroxylation is 2. The summed E-state index contributed by atoms with van der Waals surface area (Å²) >= 11 is 6.66. The Kier molecular flexibility index (Phi) is 7.21. The van der Waals surface area contributed by atoms with Crippen LogP contribution in [0, 0.1) is 13.8 Å². The largest absolute Gasteiger partial charge is 0.332 e. The molecular weight excluding hydrogens is 450 g/mol. The molecule has 1 aromatic heterocycles. The summed E-state index contributed by atoms with van der Waals surface area (Å²) in [6, 6.07) is 15.4. The van der Waals surface area contributed by atoms with Crippen molar-refractivity contribution in [3.63, 3.8) is 0 Å². The van der Waals surface area contributed by atoms with Crippen LogP contribution in [0.3, 0.4) is 0 Å². The molecule has 0 unspecified atom stereocenters. The van der Waals surface area contributed by atoms with Gasteiger partial charge in [0.25, 0.3) is 10.0 Å². The fourth-order valence-electron chi connectivity index (χ4n) is 2.71. The first-order valence-electron chi connectivity index (χ1n) is 9.27. The van der Waals surface area contributed by atoms with Gasteiger partial charge >= 0.3 is 0 Å². The summed E-state index contributed by atoms with van der Waals surface area (Å²) in [5, 5.41) is 7.45. The first kappa shape index (κ1) is 22.7. The third kappa shape index (κ3) is 6.48. The minimum Gasteiger partial charge on any atom is -0.332 e. The Labute approximate surface area is 191 Å². The van der Waals surface area contributed by atoms with Crippen molar-refractivity contribution in [2.24, 2.45) is 0 Å². The molecule has 3 rings (SSSR count). The number of carbonyl (C=O) groups excluding carboxylic acids is 1. The van der Waals surface area contributed by atoms with Crippen LogP contribution in [0.5, 0.6) is 0 Å². The number of amides is 1. The molecule has 0 spiro atoms. The number of carbonyl (C=O) groups is 1. The van der Waals surface area contributed by atoms with Gasteiger partial charge in [0, 0.05) is 16.6 Å². The highest BCUT2D eigenvalue weighted by Crippen LogP contribution is 2.21. The van der Waals surface area contributed by atoms with Crippen LogP contribution >= 0.6 is 23.6 Å². The zero-order chi connectivity index (χ0) is 22.4. The molecule has 3 N–H and O–H groups in total. The van der Waals surface area contributed by atoms with Gasteiger partial charge in [-0.15, -0.1) is 11.3 Å². The monoisotopic (exact) mass is 471 g/mol. The Bertz CT molecular complexity index is 1220. The van der Waals surface area contributed by atoms with E-state index in [1.807, 2.05) is 43.5 Å². The van der Waals surface area contributed by atoms with Crippen molar-refractivity contribution in [2.75, 3.05) is 10.0 Å². The minimum atomic E-state index is -3.73. The topological polar surface area (TPSA) is 87.3 Å². The Morgan fingerprint density at radius 3 is 2.45 bits per heavy atom. The van der Waals surface area contributed by atoms with Crippen molar-refractivity contribution < 1.29 is 13.2 Å². The number of nitrogens with one attached hydrogen (secondary N) is 3. The number of rotatable bonds is 6. The quantitative estimate of drug-likeness (QED) is 0.359. The van der Waals surface area contributed by atoms with Gasteiger partial charge in [-0.2, -0.15) is 0 Å². The van der Waals surface area contributed by atoms with Gasteiger partial charge < -0.3 is 5.32 Å². The minimum absolute atomic E-state index is 0.116. The lowest BCUT2D eigenvalue weighted by Gasteiger charge is -2.12. The molecule has 2 aromatic carbocycles. The van der Waals surface area contributed by atoms with E-state index in [1.54, 1.807) is 24.3 Å². The molecule has 31 heavy (non-hydrogen) atoms. The predicted molar refractivity (Wildman–Crippen MR) is 131 cm³/mol. The summed E-state index contributed by atoms with van der Waals surface area (Å²) in [5.41, 5.74) is 2.99. The maximum Gasteiger partial charge on any atom is 0.261 e. The predicted octanol–water partition coefficient (Wildman–Crippen LogP) is 4.69. The van der Waals surface area contributed by atoms with Gasteiger partial charge in [-0.3, -0.25) is 14.8 Å². The van der Waals surface area contributed by atoms with Crippen molar-refractivity contribution in [3.8, 4) is 0 Å². The van der Waals surface area contributed by atoms with Crippen LogP contribution in [0.4, 0.5) is 11.4 Å². The normalized spacial score (nSPS) is 11.3. The second kappa shape index (κ2) is 9.86. The van der Waals surface area contributed by atoms with Gasteiger partial charge in [-0.1, -0.05) is 23.8 Å². The number of hydrogen-bond donors (Lipinski definition) is 3. The molecule has 0 bridgehead atoms. The molecule has 6 nitrogen and oxygen atoms in total. The average Bonchev–Trinajstić information content (AvgIpc) is 3.22. The number of hydrogen-bond acceptors (Lipinski definition) is 5. The fourth-order valence-corrected chi connectivity index (χ4v) is 4.68. The molecular formula is C22H21N3O3S3. The third-order valence-corrected chi connectivity index (χ3v) is 6.65. The third-order valence-electron chi connectivity index (χ3n) is 4.23. The Hall–Kier alpha value is -3.01. The van der Waals surface area contributed by atoms with Crippen LogP contribution in [0.25, 0.3) is 6.08 Å². The summed E-state index contributed by atoms with van der Waals surface area (Å²) in [6.45, 7) is 3.80. The second-order valence-electron chi connectivity index (χ2n) is 6.74. The molecule has 0 aliphatic heterocycles. The molecule has 3 aromatic rings. The van der Waals surface area contributed by atoms with Gasteiger partial charge in [0.1, 0.15) is 0 Å². The Balaban J connectivity index is 1.60. The highest BCUT2D eigenvalue weighted by atomic mass is 32.2. The molecule has 0 saturated carbocycles. The van der Waals surface area contributed by atoms with E-state index in [0.717, 1.165) is 16.0 Å². The number of thiophene rings is 1. The standard InChI is InChI=1S/C22H21N3O3S3/c1-15-5-11-20(16(2)14-15)25-31(27,28)19-9-6-17(7-10-19)23-22(29)24-21(26)12-8-18-4-3-13-30-18/h3-14,25H,1-2H3,(H2,23,24,26,29)/b12-8+. The van der Waals surface area contributed by atoms with E-state index in [9.17, 15) is 13.2 Å². The van der Waals surface area contributed by atoms with E-state index in [2.05, 4.69) is 15.4 Å². The van der Waals surface area contributed by atoms with Crippen LogP contribution in [0.1, 0.15) is 16.0 Å². The highest BCUT2D eigenvalue weighted by molar-refractivity contribution is 7.92. The lowest BCUT2D eigenvalue weighted by atomic mass is 10.1. The summed E-state index contributed by atoms with van der Waals surface area (Å²) in [4.78, 5) is 13.0. The average molecular weight is 472 g/mol. The van der Waals surface area contributed by atoms with Crippen LogP contribution in [0.2, 0.25) is 0 Å². The molecule has 9 heteroatoms. The first-order valence-corrected chi connectivity index (χ1v) is 12.0. The van der Waals surface area contributed by atoms with E-state index < -0.39 is 10.0 Å². The molecule has 0 fully saturated rings. The van der Waals surface area contributed by atoms with Gasteiger partial charge in [0.15, 0.2) is 5.11 Å². The molecule has 0 saturated heterocycles. The molecule has 0 aliphatic rings. The number of sulfonamides is 1. The fraction of sp³-hybridized carbons (Fsp3) is 0.0909. The van der Waals surface area contributed by atoms with Crippen molar-refractivity contribution in [2.45, 2.75) is 18.7 Å². The zero-order valence-electron chi connectivity index (χ0n) is 16.9. The Morgan fingerprint density at radius 2 is 1.81 bits per heavy atom. The number of benzene rings is 2. The second-order valence-corrected chi connectivity index (χ2v) is 9.81. The van der Waals surface area contributed by atoms with Crippen LogP contribution in [0.15, 0.2) is 70.9 Å². The number of thiocarbonyl (C=S) groups is 1. The van der Waals surface area contributed by atoms with Crippen LogP contribution in [-0.2, 0) is 14.8 Å². The van der Waals surface area contributed by atoms with Gasteiger partial charge in [0.2, 0.25) is 5.91 Å². The van der Waals surface area contributed by atoms with Crippen molar-refractivity contribution in [1.82, 2.24) is 5.32 Å². The highest BCUT2D eigenvalue weighted by Gasteiger charge is 2.15. The van der Waals surface area contributed by atoms with E-state index >= 15 is 0 Å². The van der Waals surface area contributed by atoms with Gasteiger partial charge in [-0.25, -0.2) is 8.42 Å². The van der Waals surface area contributed by atoms with Crippen LogP contribution in [-0.4, -0.2) is 19.4 Å². The van der Waals surface area contributed by atoms with E-state index in [4.69, 9.17) is 12.2 Å². The van der Waals surface area contributed by atoms with Crippen molar-refractivity contribution in [1.29, 1.82) is 0 Å². The lowest BCUT2D eigenvalue weighted by Crippen LogP contribution is -2.32. The Morgan fingerprint density at radius 1 is 1.06 bits per heavy atom. The summed E-state index contributed by atoms with van der Waals surface area (Å²) < 4.78 is 27.9. The smallest absolute Gasteiger partial charge is 0.261 e. The molecule has 1 heterocycles. The summed E-state index contributed by atoms with van der Waals surface area (Å²) in [5.74, 6) is -0.359. The molecule has 0 aliphatic carbocycles. The van der Waals surface area contributed by atoms with E-state index in [0.29, 0.717) is 11.4 Å². The molecule has 0 atom stereocenters.